The number of carbonyl (C=O) groups excluding carboxylic acids is 1. The van der Waals surface area contributed by atoms with E-state index in [1.165, 1.54) is 0 Å². The maximum absolute atomic E-state index is 13.5. The van der Waals surface area contributed by atoms with Crippen molar-refractivity contribution in [2.75, 3.05) is 5.32 Å². The molecule has 0 radical (unpaired) electrons. The molecule has 0 saturated heterocycles. The third-order valence-corrected chi connectivity index (χ3v) is 6.98. The van der Waals surface area contributed by atoms with Crippen molar-refractivity contribution in [2.24, 2.45) is 5.16 Å². The van der Waals surface area contributed by atoms with Gasteiger partial charge in [0, 0.05) is 23.8 Å². The van der Waals surface area contributed by atoms with Crippen molar-refractivity contribution >= 4 is 39.9 Å². The molecule has 1 saturated carbocycles. The summed E-state index contributed by atoms with van der Waals surface area (Å²) in [5, 5.41) is 25.2. The maximum Gasteiger partial charge on any atom is 0.255 e. The Hall–Kier alpha value is -3.13. The molecule has 4 rings (SSSR count). The number of nitrogens with zero attached hydrogens (tertiary/aromatic N) is 4. The predicted molar refractivity (Wildman–Crippen MR) is 135 cm³/mol. The molecule has 180 valence electrons. The molecule has 1 aliphatic carbocycles. The van der Waals surface area contributed by atoms with E-state index in [0.29, 0.717) is 17.1 Å². The minimum absolute atomic E-state index is 0.158. The first kappa shape index (κ1) is 24.0. The van der Waals surface area contributed by atoms with Gasteiger partial charge in [0.1, 0.15) is 0 Å². The highest BCUT2D eigenvalue weighted by molar-refractivity contribution is 6.31. The van der Waals surface area contributed by atoms with Gasteiger partial charge < -0.3 is 15.8 Å². The summed E-state index contributed by atoms with van der Waals surface area (Å²) in [7, 11) is 0. The van der Waals surface area contributed by atoms with Gasteiger partial charge in [-0.05, 0) is 63.1 Å². The van der Waals surface area contributed by atoms with E-state index < -0.39 is 0 Å². The van der Waals surface area contributed by atoms with Crippen molar-refractivity contribution in [3.8, 4) is 0 Å². The lowest BCUT2D eigenvalue weighted by Crippen LogP contribution is -2.31. The second kappa shape index (κ2) is 10.4. The first-order valence-electron chi connectivity index (χ1n) is 11.8. The Kier molecular flexibility index (Phi) is 7.36. The molecule has 1 unspecified atom stereocenters. The summed E-state index contributed by atoms with van der Waals surface area (Å²) in [5.41, 5.74) is 4.76. The number of hydrogen-bond donors (Lipinski definition) is 3. The lowest BCUT2D eigenvalue weighted by atomic mass is 9.93. The van der Waals surface area contributed by atoms with Gasteiger partial charge in [0.15, 0.2) is 5.65 Å². The molecule has 9 heteroatoms. The lowest BCUT2D eigenvalue weighted by Gasteiger charge is -2.26. The molecule has 1 atom stereocenters. The van der Waals surface area contributed by atoms with Crippen LogP contribution in [0.1, 0.15) is 73.5 Å². The van der Waals surface area contributed by atoms with E-state index in [4.69, 9.17) is 16.8 Å². The van der Waals surface area contributed by atoms with E-state index in [9.17, 15) is 4.79 Å². The molecule has 1 amide bonds. The van der Waals surface area contributed by atoms with E-state index in [2.05, 4.69) is 25.9 Å². The van der Waals surface area contributed by atoms with Crippen LogP contribution in [0.5, 0.6) is 0 Å². The number of aryl methyl sites for hydroxylation is 2. The molecule has 1 aliphatic rings. The molecular weight excluding hydrogens is 452 g/mol. The number of nitrogens with one attached hydrogen (secondary N) is 2. The summed E-state index contributed by atoms with van der Waals surface area (Å²) in [6.07, 6.45) is 7.23. The van der Waals surface area contributed by atoms with Crippen LogP contribution in [0.15, 0.2) is 35.7 Å². The van der Waals surface area contributed by atoms with Crippen molar-refractivity contribution < 1.29 is 10.0 Å². The highest BCUT2D eigenvalue weighted by Gasteiger charge is 2.25. The summed E-state index contributed by atoms with van der Waals surface area (Å²) in [4.78, 5) is 18.1. The van der Waals surface area contributed by atoms with Crippen LogP contribution in [0.2, 0.25) is 5.02 Å². The number of amides is 1. The minimum Gasteiger partial charge on any atom is -0.411 e. The van der Waals surface area contributed by atoms with Crippen LogP contribution in [0.4, 0.5) is 5.69 Å². The predicted octanol–water partition coefficient (Wildman–Crippen LogP) is 5.48. The number of carbonyl (C=O) groups is 1. The van der Waals surface area contributed by atoms with Crippen LogP contribution in [0.25, 0.3) is 11.0 Å². The number of oxime groups is 1. The first-order valence-corrected chi connectivity index (χ1v) is 12.2. The Bertz CT molecular complexity index is 1210. The lowest BCUT2D eigenvalue weighted by molar-refractivity contribution is 0.0936. The van der Waals surface area contributed by atoms with E-state index in [0.717, 1.165) is 65.7 Å². The summed E-state index contributed by atoms with van der Waals surface area (Å²) >= 11 is 6.34. The molecule has 1 fully saturated rings. The van der Waals surface area contributed by atoms with Crippen molar-refractivity contribution in [3.05, 3.63) is 52.3 Å². The molecule has 0 spiro atoms. The fraction of sp³-hybridized carbons (Fsp3) is 0.440. The van der Waals surface area contributed by atoms with E-state index in [1.54, 1.807) is 12.4 Å². The first-order chi connectivity index (χ1) is 16.4. The number of anilines is 1. The molecule has 0 aliphatic heterocycles. The number of rotatable bonds is 7. The SMILES string of the molecule is CCC(NC(=O)c1cnc2c(cnn2CC)c1NC1CCC(=NO)CC1)c1ccc(C)c(Cl)c1. The van der Waals surface area contributed by atoms with Crippen molar-refractivity contribution in [1.82, 2.24) is 20.1 Å². The standard InChI is InChI=1S/C25H31ClN6O2/c1-4-22(16-7-6-15(3)21(26)12-16)30-25(33)20-13-27-24-19(14-28-32(24)5-2)23(20)29-17-8-10-18(31-34)11-9-17/h6-7,12-14,17,22,34H,4-5,8-11H2,1-3H3,(H,27,29)(H,30,33). The largest absolute Gasteiger partial charge is 0.411 e. The smallest absolute Gasteiger partial charge is 0.255 e. The molecule has 3 N–H and O–H groups in total. The Morgan fingerprint density at radius 2 is 2.06 bits per heavy atom. The number of pyridine rings is 1. The molecule has 0 bridgehead atoms. The highest BCUT2D eigenvalue weighted by Crippen LogP contribution is 2.31. The van der Waals surface area contributed by atoms with Gasteiger partial charge in [0.05, 0.1) is 34.6 Å². The normalized spacial score (nSPS) is 16.9. The van der Waals surface area contributed by atoms with Crippen molar-refractivity contribution in [3.63, 3.8) is 0 Å². The Balaban J connectivity index is 1.65. The molecular formula is C25H31ClN6O2. The highest BCUT2D eigenvalue weighted by atomic mass is 35.5. The van der Waals surface area contributed by atoms with Gasteiger partial charge >= 0.3 is 0 Å². The number of hydrogen-bond acceptors (Lipinski definition) is 6. The summed E-state index contributed by atoms with van der Waals surface area (Å²) in [5.74, 6) is -0.196. The maximum atomic E-state index is 13.5. The van der Waals surface area contributed by atoms with Gasteiger partial charge in [-0.15, -0.1) is 0 Å². The monoisotopic (exact) mass is 482 g/mol. The van der Waals surface area contributed by atoms with E-state index >= 15 is 0 Å². The van der Waals surface area contributed by atoms with Gasteiger partial charge in [-0.25, -0.2) is 9.67 Å². The van der Waals surface area contributed by atoms with Crippen molar-refractivity contribution in [2.45, 2.75) is 71.5 Å². The third-order valence-electron chi connectivity index (χ3n) is 6.57. The fourth-order valence-corrected chi connectivity index (χ4v) is 4.66. The Morgan fingerprint density at radius 1 is 1.29 bits per heavy atom. The Labute approximate surface area is 204 Å². The van der Waals surface area contributed by atoms with Crippen molar-refractivity contribution in [1.29, 1.82) is 0 Å². The number of benzene rings is 1. The number of halogens is 1. The average Bonchev–Trinajstić information content (AvgIpc) is 3.28. The number of fused-ring (bicyclic) bond motifs is 1. The second-order valence-corrected chi connectivity index (χ2v) is 9.18. The topological polar surface area (TPSA) is 104 Å². The van der Waals surface area contributed by atoms with Gasteiger partial charge in [-0.3, -0.25) is 4.79 Å². The van der Waals surface area contributed by atoms with E-state index in [1.807, 2.05) is 43.7 Å². The van der Waals surface area contributed by atoms with Crippen LogP contribution < -0.4 is 10.6 Å². The quantitative estimate of drug-likeness (QED) is 0.305. The molecule has 3 aromatic rings. The van der Waals surface area contributed by atoms with Crippen LogP contribution in [0, 0.1) is 6.92 Å². The fourth-order valence-electron chi connectivity index (χ4n) is 4.47. The van der Waals surface area contributed by atoms with Gasteiger partial charge in [0.2, 0.25) is 0 Å². The van der Waals surface area contributed by atoms with E-state index in [-0.39, 0.29) is 18.0 Å². The molecule has 2 heterocycles. The van der Waals surface area contributed by atoms with Crippen LogP contribution in [-0.2, 0) is 6.54 Å². The molecule has 2 aromatic heterocycles. The summed E-state index contributed by atoms with van der Waals surface area (Å²) < 4.78 is 1.82. The Morgan fingerprint density at radius 3 is 2.71 bits per heavy atom. The van der Waals surface area contributed by atoms with Gasteiger partial charge in [-0.2, -0.15) is 5.10 Å². The zero-order chi connectivity index (χ0) is 24.2. The zero-order valence-electron chi connectivity index (χ0n) is 19.8. The zero-order valence-corrected chi connectivity index (χ0v) is 20.6. The molecule has 34 heavy (non-hydrogen) atoms. The minimum atomic E-state index is -0.196. The van der Waals surface area contributed by atoms with Crippen LogP contribution in [-0.4, -0.2) is 37.6 Å². The second-order valence-electron chi connectivity index (χ2n) is 8.77. The van der Waals surface area contributed by atoms with Gasteiger partial charge in [0.25, 0.3) is 5.91 Å². The van der Waals surface area contributed by atoms with Crippen LogP contribution in [0.3, 0.4) is 0 Å². The molecule has 1 aromatic carbocycles. The summed E-state index contributed by atoms with van der Waals surface area (Å²) in [6, 6.07) is 5.87. The third kappa shape index (κ3) is 4.87. The summed E-state index contributed by atoms with van der Waals surface area (Å²) in [6.45, 7) is 6.69. The average molecular weight is 483 g/mol. The molecule has 8 nitrogen and oxygen atoms in total. The number of aromatic nitrogens is 3. The van der Waals surface area contributed by atoms with Crippen LogP contribution >= 0.6 is 11.6 Å². The van der Waals surface area contributed by atoms with Gasteiger partial charge in [-0.1, -0.05) is 35.8 Å².